The molecule has 0 aromatic rings. The standard InChI is InChI=1S/C13H23NO3/c1-6-9-14(5)11-8-7-10(16-11)12(15)17-13(2,3)4/h6,9-11H,7-8H2,1-5H3/b9-6-. The molecule has 1 aliphatic rings. The van der Waals surface area contributed by atoms with E-state index in [0.717, 1.165) is 12.8 Å². The number of esters is 1. The molecule has 0 aliphatic carbocycles. The Morgan fingerprint density at radius 2 is 2.06 bits per heavy atom. The van der Waals surface area contributed by atoms with Crippen LogP contribution in [0.15, 0.2) is 12.3 Å². The van der Waals surface area contributed by atoms with Crippen LogP contribution >= 0.6 is 0 Å². The topological polar surface area (TPSA) is 38.8 Å². The summed E-state index contributed by atoms with van der Waals surface area (Å²) in [5.41, 5.74) is -0.451. The molecule has 0 N–H and O–H groups in total. The van der Waals surface area contributed by atoms with Crippen LogP contribution in [0.1, 0.15) is 40.5 Å². The molecule has 0 bridgehead atoms. The first kappa shape index (κ1) is 14.0. The van der Waals surface area contributed by atoms with Crippen molar-refractivity contribution in [2.24, 2.45) is 0 Å². The summed E-state index contributed by atoms with van der Waals surface area (Å²) < 4.78 is 11.0. The van der Waals surface area contributed by atoms with Crippen molar-refractivity contribution in [1.82, 2.24) is 4.90 Å². The summed E-state index contributed by atoms with van der Waals surface area (Å²) in [6.07, 6.45) is 5.02. The van der Waals surface area contributed by atoms with E-state index in [1.54, 1.807) is 0 Å². The summed E-state index contributed by atoms with van der Waals surface area (Å²) in [6.45, 7) is 7.55. The smallest absolute Gasteiger partial charge is 0.335 e. The second-order valence-corrected chi connectivity index (χ2v) is 5.34. The average Bonchev–Trinajstić information content (AvgIpc) is 2.63. The van der Waals surface area contributed by atoms with E-state index >= 15 is 0 Å². The van der Waals surface area contributed by atoms with Crippen LogP contribution in [0.3, 0.4) is 0 Å². The molecule has 4 heteroatoms. The van der Waals surface area contributed by atoms with Gasteiger partial charge < -0.3 is 14.4 Å². The first-order valence-corrected chi connectivity index (χ1v) is 6.06. The summed E-state index contributed by atoms with van der Waals surface area (Å²) >= 11 is 0. The molecular formula is C13H23NO3. The van der Waals surface area contributed by atoms with Gasteiger partial charge >= 0.3 is 5.97 Å². The van der Waals surface area contributed by atoms with E-state index in [1.165, 1.54) is 0 Å². The van der Waals surface area contributed by atoms with Crippen LogP contribution in [0.2, 0.25) is 0 Å². The van der Waals surface area contributed by atoms with Gasteiger partial charge in [-0.25, -0.2) is 4.79 Å². The Balaban J connectivity index is 2.47. The van der Waals surface area contributed by atoms with Gasteiger partial charge in [0.2, 0.25) is 0 Å². The third-order valence-electron chi connectivity index (χ3n) is 2.51. The van der Waals surface area contributed by atoms with E-state index < -0.39 is 11.7 Å². The van der Waals surface area contributed by atoms with Crippen LogP contribution in [-0.2, 0) is 14.3 Å². The van der Waals surface area contributed by atoms with Crippen LogP contribution in [0.4, 0.5) is 0 Å². The van der Waals surface area contributed by atoms with Gasteiger partial charge in [-0.3, -0.25) is 0 Å². The van der Waals surface area contributed by atoms with Crippen LogP contribution in [0.5, 0.6) is 0 Å². The Morgan fingerprint density at radius 3 is 2.59 bits per heavy atom. The Hall–Kier alpha value is -1.03. The quantitative estimate of drug-likeness (QED) is 0.711. The average molecular weight is 241 g/mol. The van der Waals surface area contributed by atoms with E-state index in [-0.39, 0.29) is 12.2 Å². The number of carbonyl (C=O) groups excluding carboxylic acids is 1. The maximum absolute atomic E-state index is 11.8. The highest BCUT2D eigenvalue weighted by Crippen LogP contribution is 2.24. The lowest BCUT2D eigenvalue weighted by molar-refractivity contribution is -0.170. The third kappa shape index (κ3) is 4.38. The lowest BCUT2D eigenvalue weighted by Crippen LogP contribution is -2.34. The molecule has 4 nitrogen and oxygen atoms in total. The van der Waals surface area contributed by atoms with Crippen LogP contribution in [0.25, 0.3) is 0 Å². The summed E-state index contributed by atoms with van der Waals surface area (Å²) in [6, 6.07) is 0. The monoisotopic (exact) mass is 241 g/mol. The van der Waals surface area contributed by atoms with Gasteiger partial charge in [0.1, 0.15) is 11.8 Å². The Bertz CT molecular complexity index is 294. The van der Waals surface area contributed by atoms with Gasteiger partial charge in [-0.1, -0.05) is 6.08 Å². The highest BCUT2D eigenvalue weighted by atomic mass is 16.6. The Kier molecular flexibility index (Phi) is 4.57. The molecule has 1 fully saturated rings. The molecule has 0 aromatic heterocycles. The van der Waals surface area contributed by atoms with Crippen molar-refractivity contribution in [2.75, 3.05) is 7.05 Å². The molecule has 1 saturated heterocycles. The summed E-state index contributed by atoms with van der Waals surface area (Å²) in [4.78, 5) is 13.8. The minimum absolute atomic E-state index is 0.0243. The molecular weight excluding hydrogens is 218 g/mol. The van der Waals surface area contributed by atoms with Crippen LogP contribution < -0.4 is 0 Å². The molecule has 1 heterocycles. The molecule has 0 spiro atoms. The molecule has 1 rings (SSSR count). The highest BCUT2D eigenvalue weighted by Gasteiger charge is 2.34. The van der Waals surface area contributed by atoms with E-state index in [0.29, 0.717) is 0 Å². The number of ether oxygens (including phenoxy) is 2. The first-order chi connectivity index (χ1) is 7.83. The zero-order valence-electron chi connectivity index (χ0n) is 11.4. The number of nitrogens with zero attached hydrogens (tertiary/aromatic N) is 1. The molecule has 0 amide bonds. The van der Waals surface area contributed by atoms with Gasteiger partial charge in [-0.05, 0) is 46.7 Å². The van der Waals surface area contributed by atoms with E-state index in [4.69, 9.17) is 9.47 Å². The fourth-order valence-electron chi connectivity index (χ4n) is 1.79. The maximum atomic E-state index is 11.8. The van der Waals surface area contributed by atoms with Crippen molar-refractivity contribution in [3.05, 3.63) is 12.3 Å². The zero-order valence-corrected chi connectivity index (χ0v) is 11.4. The molecule has 0 radical (unpaired) electrons. The van der Waals surface area contributed by atoms with Crippen molar-refractivity contribution in [3.63, 3.8) is 0 Å². The van der Waals surface area contributed by atoms with Gasteiger partial charge in [0, 0.05) is 7.05 Å². The van der Waals surface area contributed by atoms with E-state index in [1.807, 2.05) is 51.9 Å². The normalized spacial score (nSPS) is 25.2. The van der Waals surface area contributed by atoms with Gasteiger partial charge in [-0.2, -0.15) is 0 Å². The molecule has 0 aromatic carbocycles. The molecule has 98 valence electrons. The van der Waals surface area contributed by atoms with Crippen LogP contribution in [0, 0.1) is 0 Å². The maximum Gasteiger partial charge on any atom is 0.335 e. The predicted octanol–water partition coefficient (Wildman–Crippen LogP) is 2.30. The number of rotatable bonds is 3. The van der Waals surface area contributed by atoms with Gasteiger partial charge in [0.05, 0.1) is 0 Å². The number of hydrogen-bond donors (Lipinski definition) is 0. The first-order valence-electron chi connectivity index (χ1n) is 6.06. The van der Waals surface area contributed by atoms with Crippen molar-refractivity contribution >= 4 is 5.97 Å². The predicted molar refractivity (Wildman–Crippen MR) is 66.3 cm³/mol. The molecule has 1 aliphatic heterocycles. The lowest BCUT2D eigenvalue weighted by Gasteiger charge is -2.24. The highest BCUT2D eigenvalue weighted by molar-refractivity contribution is 5.75. The Morgan fingerprint density at radius 1 is 1.41 bits per heavy atom. The van der Waals surface area contributed by atoms with Crippen LogP contribution in [-0.4, -0.2) is 35.8 Å². The Labute approximate surface area is 104 Å². The lowest BCUT2D eigenvalue weighted by atomic mass is 10.2. The number of allylic oxidation sites excluding steroid dienone is 1. The second kappa shape index (κ2) is 5.54. The number of hydrogen-bond acceptors (Lipinski definition) is 4. The molecule has 2 unspecified atom stereocenters. The van der Waals surface area contributed by atoms with Crippen molar-refractivity contribution in [3.8, 4) is 0 Å². The van der Waals surface area contributed by atoms with Crippen molar-refractivity contribution < 1.29 is 14.3 Å². The molecule has 0 saturated carbocycles. The van der Waals surface area contributed by atoms with Crippen molar-refractivity contribution in [2.45, 2.75) is 58.5 Å². The largest absolute Gasteiger partial charge is 0.458 e. The summed E-state index contributed by atoms with van der Waals surface area (Å²) in [7, 11) is 1.95. The summed E-state index contributed by atoms with van der Waals surface area (Å²) in [5, 5.41) is 0. The minimum atomic E-state index is -0.451. The molecule has 17 heavy (non-hydrogen) atoms. The van der Waals surface area contributed by atoms with Gasteiger partial charge in [-0.15, -0.1) is 0 Å². The fourth-order valence-corrected chi connectivity index (χ4v) is 1.79. The third-order valence-corrected chi connectivity index (χ3v) is 2.51. The SMILES string of the molecule is C/C=C\N(C)C1CCC(C(=O)OC(C)(C)C)O1. The minimum Gasteiger partial charge on any atom is -0.458 e. The fraction of sp³-hybridized carbons (Fsp3) is 0.769. The van der Waals surface area contributed by atoms with Gasteiger partial charge in [0.25, 0.3) is 0 Å². The van der Waals surface area contributed by atoms with Gasteiger partial charge in [0.15, 0.2) is 6.10 Å². The molecule has 2 atom stereocenters. The summed E-state index contributed by atoms with van der Waals surface area (Å²) in [5.74, 6) is -0.256. The van der Waals surface area contributed by atoms with Crippen molar-refractivity contribution in [1.29, 1.82) is 0 Å². The second-order valence-electron chi connectivity index (χ2n) is 5.34. The zero-order chi connectivity index (χ0) is 13.1. The number of carbonyl (C=O) groups is 1. The van der Waals surface area contributed by atoms with E-state index in [2.05, 4.69) is 0 Å². The van der Waals surface area contributed by atoms with E-state index in [9.17, 15) is 4.79 Å².